The molecule has 0 unspecified atom stereocenters. The van der Waals surface area contributed by atoms with E-state index >= 15 is 0 Å². The number of esters is 1. The molecule has 164 valence electrons. The number of carbonyl (C=O) groups excluding carboxylic acids is 1. The van der Waals surface area contributed by atoms with Gasteiger partial charge in [-0.1, -0.05) is 25.1 Å². The second-order valence-electron chi connectivity index (χ2n) is 6.41. The average Bonchev–Trinajstić information content (AvgIpc) is 2.73. The van der Waals surface area contributed by atoms with E-state index in [0.717, 1.165) is 6.07 Å². The van der Waals surface area contributed by atoms with Gasteiger partial charge in [0.05, 0.1) is 12.0 Å². The van der Waals surface area contributed by atoms with Crippen molar-refractivity contribution in [2.75, 3.05) is 13.2 Å². The Bertz CT molecular complexity index is 1140. The fourth-order valence-electron chi connectivity index (χ4n) is 2.89. The minimum absolute atomic E-state index is 0.0600. The summed E-state index contributed by atoms with van der Waals surface area (Å²) in [6, 6.07) is 10.2. The number of halogens is 3. The van der Waals surface area contributed by atoms with Gasteiger partial charge in [-0.3, -0.25) is 4.79 Å². The third kappa shape index (κ3) is 4.99. The van der Waals surface area contributed by atoms with E-state index < -0.39 is 35.7 Å². The Hall–Kier alpha value is -3.49. The highest BCUT2D eigenvalue weighted by atomic mass is 19.4. The first-order valence-electron chi connectivity index (χ1n) is 9.46. The molecule has 0 aliphatic rings. The molecule has 0 bridgehead atoms. The lowest BCUT2D eigenvalue weighted by molar-refractivity contribution is -0.154. The molecule has 1 heterocycles. The van der Waals surface area contributed by atoms with Gasteiger partial charge in [0.15, 0.2) is 6.61 Å². The first-order chi connectivity index (χ1) is 14.7. The molecule has 0 saturated carbocycles. The number of fused-ring (bicyclic) bond motifs is 1. The smallest absolute Gasteiger partial charge is 0.453 e. The zero-order valence-electron chi connectivity index (χ0n) is 16.7. The summed E-state index contributed by atoms with van der Waals surface area (Å²) in [6.45, 7) is 3.13. The van der Waals surface area contributed by atoms with Gasteiger partial charge in [0, 0.05) is 6.07 Å². The van der Waals surface area contributed by atoms with Crippen LogP contribution in [0.15, 0.2) is 51.7 Å². The van der Waals surface area contributed by atoms with Crippen molar-refractivity contribution in [3.05, 3.63) is 64.0 Å². The van der Waals surface area contributed by atoms with Gasteiger partial charge >= 0.3 is 12.1 Å². The second-order valence-corrected chi connectivity index (χ2v) is 6.41. The Morgan fingerprint density at radius 2 is 1.81 bits per heavy atom. The largest absolute Gasteiger partial charge is 0.481 e. The number of aryl methyl sites for hydroxylation is 1. The van der Waals surface area contributed by atoms with E-state index in [-0.39, 0.29) is 29.1 Å². The van der Waals surface area contributed by atoms with Crippen LogP contribution in [0.4, 0.5) is 13.2 Å². The molecule has 3 rings (SSSR count). The van der Waals surface area contributed by atoms with Crippen molar-refractivity contribution in [3.8, 4) is 17.2 Å². The van der Waals surface area contributed by atoms with Gasteiger partial charge in [-0.25, -0.2) is 4.79 Å². The number of alkyl halides is 3. The van der Waals surface area contributed by atoms with Crippen molar-refractivity contribution >= 4 is 16.9 Å². The summed E-state index contributed by atoms with van der Waals surface area (Å²) < 4.78 is 61.4. The van der Waals surface area contributed by atoms with Crippen LogP contribution in [0.5, 0.6) is 17.2 Å². The number of ether oxygens (including phenoxy) is 3. The van der Waals surface area contributed by atoms with Crippen molar-refractivity contribution in [1.82, 2.24) is 0 Å². The summed E-state index contributed by atoms with van der Waals surface area (Å²) in [5, 5.41) is -0.0979. The molecule has 0 aliphatic heterocycles. The van der Waals surface area contributed by atoms with Gasteiger partial charge in [0.1, 0.15) is 17.1 Å². The molecule has 0 fully saturated rings. The van der Waals surface area contributed by atoms with E-state index in [1.807, 2.05) is 0 Å². The molecule has 9 heteroatoms. The first kappa shape index (κ1) is 22.2. The van der Waals surface area contributed by atoms with Gasteiger partial charge in [-0.05, 0) is 37.1 Å². The van der Waals surface area contributed by atoms with Gasteiger partial charge in [-0.15, -0.1) is 0 Å². The van der Waals surface area contributed by atoms with Crippen LogP contribution in [0.1, 0.15) is 25.2 Å². The van der Waals surface area contributed by atoms with Crippen LogP contribution >= 0.6 is 0 Å². The van der Waals surface area contributed by atoms with E-state index in [9.17, 15) is 22.8 Å². The standard InChI is InChI=1S/C22H19F3O6/c1-3-13-10-15-17(11-16(13)29-12-18(26)28-4-2)31-21(22(23,24)25)20(19(15)27)30-14-8-6-5-7-9-14/h5-11H,3-4,12H2,1-2H3. The monoisotopic (exact) mass is 436 g/mol. The van der Waals surface area contributed by atoms with Crippen LogP contribution in [-0.2, 0) is 22.1 Å². The molecule has 3 aromatic rings. The second kappa shape index (κ2) is 9.11. The highest BCUT2D eigenvalue weighted by Crippen LogP contribution is 2.39. The predicted molar refractivity (Wildman–Crippen MR) is 106 cm³/mol. The van der Waals surface area contributed by atoms with Gasteiger partial charge in [0.25, 0.3) is 5.76 Å². The van der Waals surface area contributed by atoms with Crippen LogP contribution in [-0.4, -0.2) is 19.2 Å². The lowest BCUT2D eigenvalue weighted by Crippen LogP contribution is -2.17. The maximum atomic E-state index is 13.6. The zero-order valence-corrected chi connectivity index (χ0v) is 16.7. The van der Waals surface area contributed by atoms with Crippen molar-refractivity contribution in [1.29, 1.82) is 0 Å². The molecule has 31 heavy (non-hydrogen) atoms. The SMILES string of the molecule is CCOC(=O)COc1cc2oc(C(F)(F)F)c(Oc3ccccc3)c(=O)c2cc1CC. The van der Waals surface area contributed by atoms with Crippen LogP contribution in [0.25, 0.3) is 11.0 Å². The van der Waals surface area contributed by atoms with Crippen molar-refractivity contribution in [2.24, 2.45) is 0 Å². The number of benzene rings is 2. The highest BCUT2D eigenvalue weighted by Gasteiger charge is 2.40. The summed E-state index contributed by atoms with van der Waals surface area (Å²) in [5.41, 5.74) is -0.799. The number of hydrogen-bond acceptors (Lipinski definition) is 6. The van der Waals surface area contributed by atoms with Crippen molar-refractivity contribution < 1.29 is 36.6 Å². The Kier molecular flexibility index (Phi) is 6.53. The summed E-state index contributed by atoms with van der Waals surface area (Å²) in [4.78, 5) is 24.5. The Morgan fingerprint density at radius 1 is 1.10 bits per heavy atom. The normalized spacial score (nSPS) is 11.4. The van der Waals surface area contributed by atoms with E-state index in [1.165, 1.54) is 18.2 Å². The van der Waals surface area contributed by atoms with E-state index in [4.69, 9.17) is 18.6 Å². The zero-order chi connectivity index (χ0) is 22.6. The van der Waals surface area contributed by atoms with Crippen LogP contribution in [0, 0.1) is 0 Å². The number of carbonyl (C=O) groups is 1. The van der Waals surface area contributed by atoms with Crippen LogP contribution in [0.3, 0.4) is 0 Å². The lowest BCUT2D eigenvalue weighted by Gasteiger charge is -2.15. The van der Waals surface area contributed by atoms with Crippen molar-refractivity contribution in [3.63, 3.8) is 0 Å². The highest BCUT2D eigenvalue weighted by molar-refractivity contribution is 5.81. The minimum Gasteiger partial charge on any atom is -0.481 e. The van der Waals surface area contributed by atoms with Crippen molar-refractivity contribution in [2.45, 2.75) is 26.4 Å². The van der Waals surface area contributed by atoms with E-state index in [2.05, 4.69) is 0 Å². The third-order valence-electron chi connectivity index (χ3n) is 4.28. The predicted octanol–water partition coefficient (Wildman–Crippen LogP) is 5.11. The summed E-state index contributed by atoms with van der Waals surface area (Å²) in [6.07, 6.45) is -4.59. The summed E-state index contributed by atoms with van der Waals surface area (Å²) in [7, 11) is 0. The lowest BCUT2D eigenvalue weighted by atomic mass is 10.1. The number of rotatable bonds is 7. The Labute approximate surface area is 175 Å². The third-order valence-corrected chi connectivity index (χ3v) is 4.28. The molecule has 0 aliphatic carbocycles. The van der Waals surface area contributed by atoms with Gasteiger partial charge in [0.2, 0.25) is 11.2 Å². The molecule has 6 nitrogen and oxygen atoms in total. The van der Waals surface area contributed by atoms with E-state index in [0.29, 0.717) is 12.0 Å². The molecule has 1 aromatic heterocycles. The molecule has 0 amide bonds. The topological polar surface area (TPSA) is 75.0 Å². The maximum absolute atomic E-state index is 13.6. The Morgan fingerprint density at radius 3 is 2.42 bits per heavy atom. The quantitative estimate of drug-likeness (QED) is 0.479. The molecule has 0 radical (unpaired) electrons. The molecule has 0 saturated heterocycles. The van der Waals surface area contributed by atoms with Gasteiger partial charge in [-0.2, -0.15) is 13.2 Å². The maximum Gasteiger partial charge on any atom is 0.453 e. The van der Waals surface area contributed by atoms with Crippen LogP contribution in [0.2, 0.25) is 0 Å². The summed E-state index contributed by atoms with van der Waals surface area (Å²) >= 11 is 0. The number of para-hydroxylation sites is 1. The first-order valence-corrected chi connectivity index (χ1v) is 9.46. The fraction of sp³-hybridized carbons (Fsp3) is 0.273. The summed E-state index contributed by atoms with van der Waals surface area (Å²) in [5.74, 6) is -2.96. The Balaban J connectivity index is 2.13. The van der Waals surface area contributed by atoms with Gasteiger partial charge < -0.3 is 18.6 Å². The number of hydrogen-bond donors (Lipinski definition) is 0. The molecule has 0 atom stereocenters. The average molecular weight is 436 g/mol. The van der Waals surface area contributed by atoms with Crippen LogP contribution < -0.4 is 14.9 Å². The molecule has 0 spiro atoms. The fourth-order valence-corrected chi connectivity index (χ4v) is 2.89. The molecular formula is C22H19F3O6. The molecule has 2 aromatic carbocycles. The molecule has 0 N–H and O–H groups in total. The van der Waals surface area contributed by atoms with E-state index in [1.54, 1.807) is 32.0 Å². The molecular weight excluding hydrogens is 417 g/mol. The minimum atomic E-state index is -4.98.